The smallest absolute Gasteiger partial charge is 0.255 e. The molecule has 0 aromatic heterocycles. The normalized spacial score (nSPS) is 10.4. The van der Waals surface area contributed by atoms with Crippen LogP contribution in [0.5, 0.6) is 11.5 Å². The summed E-state index contributed by atoms with van der Waals surface area (Å²) >= 11 is 5.84. The number of para-hydroxylation sites is 1. The Hall–Kier alpha value is -2.78. The van der Waals surface area contributed by atoms with Gasteiger partial charge in [0.25, 0.3) is 5.91 Å². The van der Waals surface area contributed by atoms with E-state index in [4.69, 9.17) is 16.3 Å². The quantitative estimate of drug-likeness (QED) is 0.625. The van der Waals surface area contributed by atoms with Gasteiger partial charge >= 0.3 is 0 Å². The molecule has 3 aromatic carbocycles. The van der Waals surface area contributed by atoms with Gasteiger partial charge in [-0.05, 0) is 73.5 Å². The maximum absolute atomic E-state index is 12.2. The second-order valence-corrected chi connectivity index (χ2v) is 6.24. The van der Waals surface area contributed by atoms with Crippen LogP contribution >= 0.6 is 11.6 Å². The average molecular weight is 352 g/mol. The number of ether oxygens (including phenoxy) is 1. The minimum Gasteiger partial charge on any atom is -0.457 e. The van der Waals surface area contributed by atoms with Crippen LogP contribution in [0.2, 0.25) is 5.02 Å². The zero-order valence-electron chi connectivity index (χ0n) is 14.0. The van der Waals surface area contributed by atoms with Crippen molar-refractivity contribution in [3.05, 3.63) is 88.4 Å². The molecule has 0 bridgehead atoms. The monoisotopic (exact) mass is 351 g/mol. The number of hydrogen-bond acceptors (Lipinski definition) is 2. The second kappa shape index (κ2) is 7.41. The first-order chi connectivity index (χ1) is 12.0. The summed E-state index contributed by atoms with van der Waals surface area (Å²) in [5.74, 6) is 1.41. The third kappa shape index (κ3) is 4.20. The highest BCUT2D eigenvalue weighted by Gasteiger charge is 2.07. The van der Waals surface area contributed by atoms with Gasteiger partial charge in [0, 0.05) is 16.3 Å². The van der Waals surface area contributed by atoms with Crippen molar-refractivity contribution in [3.63, 3.8) is 0 Å². The van der Waals surface area contributed by atoms with Crippen molar-refractivity contribution >= 4 is 23.2 Å². The predicted octanol–water partition coefficient (Wildman–Crippen LogP) is 6.00. The van der Waals surface area contributed by atoms with Gasteiger partial charge in [0.1, 0.15) is 11.5 Å². The molecule has 1 N–H and O–H groups in total. The molecule has 0 spiro atoms. The molecule has 0 heterocycles. The highest BCUT2D eigenvalue weighted by Crippen LogP contribution is 2.29. The topological polar surface area (TPSA) is 38.3 Å². The van der Waals surface area contributed by atoms with E-state index < -0.39 is 0 Å². The average Bonchev–Trinajstić information content (AvgIpc) is 2.60. The molecule has 3 nitrogen and oxygen atoms in total. The fourth-order valence-corrected chi connectivity index (χ4v) is 2.61. The minimum atomic E-state index is -0.180. The number of hydrogen-bond donors (Lipinski definition) is 1. The van der Waals surface area contributed by atoms with Gasteiger partial charge in [-0.25, -0.2) is 0 Å². The van der Waals surface area contributed by atoms with Gasteiger partial charge in [0.15, 0.2) is 0 Å². The summed E-state index contributed by atoms with van der Waals surface area (Å²) in [6, 6.07) is 20.1. The molecule has 1 amide bonds. The molecular weight excluding hydrogens is 334 g/mol. The SMILES string of the molecule is Cc1cccc(C)c1Oc1ccc(NC(=O)c2ccc(Cl)cc2)cc1. The van der Waals surface area contributed by atoms with Crippen LogP contribution in [-0.4, -0.2) is 5.91 Å². The van der Waals surface area contributed by atoms with E-state index in [2.05, 4.69) is 5.32 Å². The van der Waals surface area contributed by atoms with Crippen molar-refractivity contribution in [3.8, 4) is 11.5 Å². The van der Waals surface area contributed by atoms with Gasteiger partial charge < -0.3 is 10.1 Å². The Balaban J connectivity index is 1.70. The Morgan fingerprint density at radius 2 is 1.48 bits per heavy atom. The maximum atomic E-state index is 12.2. The van der Waals surface area contributed by atoms with Crippen molar-refractivity contribution in [2.24, 2.45) is 0 Å². The van der Waals surface area contributed by atoms with E-state index in [-0.39, 0.29) is 5.91 Å². The summed E-state index contributed by atoms with van der Waals surface area (Å²) in [6.45, 7) is 4.03. The molecule has 3 aromatic rings. The van der Waals surface area contributed by atoms with Crippen LogP contribution in [0.3, 0.4) is 0 Å². The lowest BCUT2D eigenvalue weighted by molar-refractivity contribution is 0.102. The zero-order valence-corrected chi connectivity index (χ0v) is 14.8. The molecule has 0 unspecified atom stereocenters. The van der Waals surface area contributed by atoms with Gasteiger partial charge in [-0.1, -0.05) is 29.8 Å². The summed E-state index contributed by atoms with van der Waals surface area (Å²) < 4.78 is 5.97. The number of anilines is 1. The molecule has 4 heteroatoms. The van der Waals surface area contributed by atoms with Crippen LogP contribution in [0.1, 0.15) is 21.5 Å². The number of nitrogens with one attached hydrogen (secondary N) is 1. The van der Waals surface area contributed by atoms with Crippen molar-refractivity contribution in [1.29, 1.82) is 0 Å². The van der Waals surface area contributed by atoms with E-state index in [0.717, 1.165) is 22.6 Å². The van der Waals surface area contributed by atoms with E-state index >= 15 is 0 Å². The lowest BCUT2D eigenvalue weighted by Crippen LogP contribution is -2.11. The van der Waals surface area contributed by atoms with Crippen LogP contribution in [0.25, 0.3) is 0 Å². The fraction of sp³-hybridized carbons (Fsp3) is 0.0952. The first-order valence-electron chi connectivity index (χ1n) is 7.94. The predicted molar refractivity (Wildman–Crippen MR) is 102 cm³/mol. The fourth-order valence-electron chi connectivity index (χ4n) is 2.49. The Morgan fingerprint density at radius 1 is 0.880 bits per heavy atom. The molecule has 0 atom stereocenters. The molecule has 0 fully saturated rings. The number of carbonyl (C=O) groups excluding carboxylic acids is 1. The van der Waals surface area contributed by atoms with Gasteiger partial charge in [-0.2, -0.15) is 0 Å². The third-order valence-corrected chi connectivity index (χ3v) is 4.10. The van der Waals surface area contributed by atoms with Crippen LogP contribution < -0.4 is 10.1 Å². The first kappa shape index (κ1) is 17.1. The Morgan fingerprint density at radius 3 is 2.08 bits per heavy atom. The van der Waals surface area contributed by atoms with Crippen molar-refractivity contribution < 1.29 is 9.53 Å². The molecule has 0 aliphatic carbocycles. The van der Waals surface area contributed by atoms with E-state index in [0.29, 0.717) is 16.3 Å². The summed E-state index contributed by atoms with van der Waals surface area (Å²) in [5.41, 5.74) is 3.43. The largest absolute Gasteiger partial charge is 0.457 e. The van der Waals surface area contributed by atoms with Crippen molar-refractivity contribution in [2.75, 3.05) is 5.32 Å². The zero-order chi connectivity index (χ0) is 17.8. The Bertz CT molecular complexity index is 867. The summed E-state index contributed by atoms with van der Waals surface area (Å²) in [4.78, 5) is 12.2. The number of rotatable bonds is 4. The first-order valence-corrected chi connectivity index (χ1v) is 8.32. The number of halogens is 1. The molecule has 0 radical (unpaired) electrons. The second-order valence-electron chi connectivity index (χ2n) is 5.81. The number of aryl methyl sites for hydroxylation is 2. The Kier molecular flexibility index (Phi) is 5.05. The highest BCUT2D eigenvalue weighted by atomic mass is 35.5. The molecular formula is C21H18ClNO2. The molecule has 0 saturated heterocycles. The van der Waals surface area contributed by atoms with E-state index in [1.165, 1.54) is 0 Å². The van der Waals surface area contributed by atoms with E-state index in [1.807, 2.05) is 56.3 Å². The number of benzene rings is 3. The third-order valence-electron chi connectivity index (χ3n) is 3.85. The van der Waals surface area contributed by atoms with Crippen molar-refractivity contribution in [1.82, 2.24) is 0 Å². The van der Waals surface area contributed by atoms with E-state index in [9.17, 15) is 4.79 Å². The van der Waals surface area contributed by atoms with Crippen molar-refractivity contribution in [2.45, 2.75) is 13.8 Å². The lowest BCUT2D eigenvalue weighted by atomic mass is 10.1. The summed E-state index contributed by atoms with van der Waals surface area (Å²) in [7, 11) is 0. The van der Waals surface area contributed by atoms with Crippen LogP contribution in [-0.2, 0) is 0 Å². The molecule has 0 aliphatic rings. The molecule has 3 rings (SSSR count). The molecule has 0 aliphatic heterocycles. The van der Waals surface area contributed by atoms with Crippen LogP contribution in [0, 0.1) is 13.8 Å². The van der Waals surface area contributed by atoms with Gasteiger partial charge in [0.05, 0.1) is 0 Å². The minimum absolute atomic E-state index is 0.180. The standard InChI is InChI=1S/C21H18ClNO2/c1-14-4-3-5-15(2)20(14)25-19-12-10-18(11-13-19)23-21(24)16-6-8-17(22)9-7-16/h3-13H,1-2H3,(H,23,24). The van der Waals surface area contributed by atoms with Crippen LogP contribution in [0.15, 0.2) is 66.7 Å². The summed E-state index contributed by atoms with van der Waals surface area (Å²) in [5, 5.41) is 3.46. The van der Waals surface area contributed by atoms with Gasteiger partial charge in [-0.15, -0.1) is 0 Å². The lowest BCUT2D eigenvalue weighted by Gasteiger charge is -2.12. The van der Waals surface area contributed by atoms with Gasteiger partial charge in [0.2, 0.25) is 0 Å². The molecule has 25 heavy (non-hydrogen) atoms. The molecule has 126 valence electrons. The van der Waals surface area contributed by atoms with Crippen LogP contribution in [0.4, 0.5) is 5.69 Å². The van der Waals surface area contributed by atoms with Gasteiger partial charge in [-0.3, -0.25) is 4.79 Å². The highest BCUT2D eigenvalue weighted by molar-refractivity contribution is 6.30. The molecule has 0 saturated carbocycles. The maximum Gasteiger partial charge on any atom is 0.255 e. The van der Waals surface area contributed by atoms with E-state index in [1.54, 1.807) is 24.3 Å². The number of amides is 1. The Labute approximate surface area is 152 Å². The number of carbonyl (C=O) groups is 1. The summed E-state index contributed by atoms with van der Waals surface area (Å²) in [6.07, 6.45) is 0.